The van der Waals surface area contributed by atoms with Crippen LogP contribution >= 0.6 is 0 Å². The third-order valence-electron chi connectivity index (χ3n) is 4.24. The van der Waals surface area contributed by atoms with E-state index in [4.69, 9.17) is 9.47 Å². The Morgan fingerprint density at radius 3 is 1.86 bits per heavy atom. The van der Waals surface area contributed by atoms with Crippen molar-refractivity contribution in [2.24, 2.45) is 0 Å². The van der Waals surface area contributed by atoms with Gasteiger partial charge in [-0.3, -0.25) is 0 Å². The zero-order chi connectivity index (χ0) is 21.9. The highest BCUT2D eigenvalue weighted by atomic mass is 19.4. The molecule has 0 radical (unpaired) electrons. The molecule has 0 aromatic carbocycles. The standard InChI is InChI=1S/C15H19F11O2/c16-11(17,6-1-2-7-27-9-5-10-4-3-8-28-10)12(18,19)13(20,21)14(22,23)15(24,25)26/h10H,1-9H2. The summed E-state index contributed by atoms with van der Waals surface area (Å²) in [7, 11) is 0. The Morgan fingerprint density at radius 2 is 1.36 bits per heavy atom. The van der Waals surface area contributed by atoms with E-state index in [1.54, 1.807) is 0 Å². The average Bonchev–Trinajstić information content (AvgIpc) is 3.05. The Bertz CT molecular complexity index is 485. The zero-order valence-corrected chi connectivity index (χ0v) is 14.4. The van der Waals surface area contributed by atoms with Gasteiger partial charge in [-0.2, -0.15) is 48.3 Å². The van der Waals surface area contributed by atoms with Crippen LogP contribution in [0.4, 0.5) is 48.3 Å². The molecule has 1 aliphatic heterocycles. The van der Waals surface area contributed by atoms with Crippen LogP contribution in [-0.2, 0) is 9.47 Å². The van der Waals surface area contributed by atoms with Gasteiger partial charge in [-0.1, -0.05) is 0 Å². The topological polar surface area (TPSA) is 18.5 Å². The van der Waals surface area contributed by atoms with Crippen LogP contribution in [0.1, 0.15) is 38.5 Å². The predicted molar refractivity (Wildman–Crippen MR) is 74.1 cm³/mol. The second-order valence-corrected chi connectivity index (χ2v) is 6.42. The first kappa shape index (κ1) is 25.2. The maximum atomic E-state index is 13.4. The highest BCUT2D eigenvalue weighted by molar-refractivity contribution is 5.06. The van der Waals surface area contributed by atoms with Crippen molar-refractivity contribution < 1.29 is 57.8 Å². The van der Waals surface area contributed by atoms with Crippen molar-refractivity contribution in [3.8, 4) is 0 Å². The summed E-state index contributed by atoms with van der Waals surface area (Å²) in [4.78, 5) is 0. The van der Waals surface area contributed by atoms with Crippen LogP contribution in [0.2, 0.25) is 0 Å². The third-order valence-corrected chi connectivity index (χ3v) is 4.24. The van der Waals surface area contributed by atoms with E-state index in [-0.39, 0.29) is 25.7 Å². The second-order valence-electron chi connectivity index (χ2n) is 6.42. The summed E-state index contributed by atoms with van der Waals surface area (Å²) in [5, 5.41) is 0. The van der Waals surface area contributed by atoms with E-state index in [0.29, 0.717) is 13.0 Å². The summed E-state index contributed by atoms with van der Waals surface area (Å²) < 4.78 is 151. The Labute approximate surface area is 153 Å². The Kier molecular flexibility index (Phi) is 7.99. The van der Waals surface area contributed by atoms with Gasteiger partial charge in [-0.05, 0) is 32.1 Å². The van der Waals surface area contributed by atoms with Gasteiger partial charge in [0.15, 0.2) is 0 Å². The zero-order valence-electron chi connectivity index (χ0n) is 14.4. The molecule has 2 nitrogen and oxygen atoms in total. The molecule has 0 aliphatic carbocycles. The monoisotopic (exact) mass is 440 g/mol. The van der Waals surface area contributed by atoms with Crippen molar-refractivity contribution in [3.63, 3.8) is 0 Å². The van der Waals surface area contributed by atoms with Crippen molar-refractivity contribution in [2.75, 3.05) is 19.8 Å². The summed E-state index contributed by atoms with van der Waals surface area (Å²) in [6.07, 6.45) is -8.11. The molecule has 1 atom stereocenters. The van der Waals surface area contributed by atoms with E-state index in [0.717, 1.165) is 12.8 Å². The normalized spacial score (nSPS) is 20.0. The van der Waals surface area contributed by atoms with E-state index in [1.165, 1.54) is 0 Å². The molecule has 28 heavy (non-hydrogen) atoms. The lowest BCUT2D eigenvalue weighted by Gasteiger charge is -2.37. The molecule has 1 unspecified atom stereocenters. The minimum absolute atomic E-state index is 0.0134. The molecule has 0 amide bonds. The van der Waals surface area contributed by atoms with E-state index in [2.05, 4.69) is 0 Å². The fourth-order valence-corrected chi connectivity index (χ4v) is 2.50. The molecule has 0 aromatic heterocycles. The van der Waals surface area contributed by atoms with E-state index < -0.39 is 42.7 Å². The summed E-state index contributed by atoms with van der Waals surface area (Å²) in [5.41, 5.74) is 0. The predicted octanol–water partition coefficient (Wildman–Crippen LogP) is 5.85. The minimum atomic E-state index is -7.33. The van der Waals surface area contributed by atoms with Crippen LogP contribution in [-0.4, -0.2) is 55.8 Å². The number of hydrogen-bond acceptors (Lipinski definition) is 2. The fraction of sp³-hybridized carbons (Fsp3) is 1.00. The lowest BCUT2D eigenvalue weighted by atomic mass is 9.95. The van der Waals surface area contributed by atoms with E-state index in [1.807, 2.05) is 0 Å². The van der Waals surface area contributed by atoms with Crippen LogP contribution in [0.3, 0.4) is 0 Å². The van der Waals surface area contributed by atoms with Gasteiger partial charge in [-0.15, -0.1) is 0 Å². The molecule has 0 spiro atoms. The van der Waals surface area contributed by atoms with Gasteiger partial charge in [0.05, 0.1) is 6.10 Å². The maximum absolute atomic E-state index is 13.4. The molecule has 1 saturated heterocycles. The molecule has 1 aliphatic rings. The van der Waals surface area contributed by atoms with Crippen molar-refractivity contribution in [1.29, 1.82) is 0 Å². The smallest absolute Gasteiger partial charge is 0.381 e. The van der Waals surface area contributed by atoms with Gasteiger partial charge in [-0.25, -0.2) is 0 Å². The summed E-state index contributed by atoms with van der Waals surface area (Å²) in [6.45, 7) is 0.572. The van der Waals surface area contributed by atoms with Gasteiger partial charge in [0.1, 0.15) is 0 Å². The average molecular weight is 440 g/mol. The Morgan fingerprint density at radius 1 is 0.750 bits per heavy atom. The van der Waals surface area contributed by atoms with Gasteiger partial charge >= 0.3 is 29.9 Å². The van der Waals surface area contributed by atoms with Crippen molar-refractivity contribution >= 4 is 0 Å². The minimum Gasteiger partial charge on any atom is -0.381 e. The van der Waals surface area contributed by atoms with E-state index >= 15 is 0 Å². The lowest BCUT2D eigenvalue weighted by Crippen LogP contribution is -2.66. The first-order valence-electron chi connectivity index (χ1n) is 8.35. The Balaban J connectivity index is 2.52. The van der Waals surface area contributed by atoms with Crippen LogP contribution in [0.15, 0.2) is 0 Å². The fourth-order valence-electron chi connectivity index (χ4n) is 2.50. The summed E-state index contributed by atoms with van der Waals surface area (Å²) >= 11 is 0. The highest BCUT2D eigenvalue weighted by Gasteiger charge is 2.86. The van der Waals surface area contributed by atoms with Crippen molar-refractivity contribution in [2.45, 2.75) is 74.5 Å². The van der Waals surface area contributed by atoms with Crippen molar-refractivity contribution in [1.82, 2.24) is 0 Å². The summed E-state index contributed by atoms with van der Waals surface area (Å²) in [5.74, 6) is -27.4. The number of alkyl halides is 11. The molecule has 1 fully saturated rings. The SMILES string of the molecule is FC(F)(F)C(F)(F)C(F)(F)C(F)(F)C(F)(F)CCCCOCCC1CCCO1. The van der Waals surface area contributed by atoms with Crippen LogP contribution in [0.25, 0.3) is 0 Å². The number of halogens is 11. The molecule has 13 heteroatoms. The third kappa shape index (κ3) is 5.19. The molecular weight excluding hydrogens is 421 g/mol. The van der Waals surface area contributed by atoms with Crippen LogP contribution in [0, 0.1) is 0 Å². The highest BCUT2D eigenvalue weighted by Crippen LogP contribution is 2.58. The van der Waals surface area contributed by atoms with Crippen LogP contribution < -0.4 is 0 Å². The first-order chi connectivity index (χ1) is 12.6. The molecule has 0 bridgehead atoms. The van der Waals surface area contributed by atoms with Gasteiger partial charge in [0.25, 0.3) is 0 Å². The van der Waals surface area contributed by atoms with Crippen LogP contribution in [0.5, 0.6) is 0 Å². The molecule has 0 saturated carbocycles. The first-order valence-corrected chi connectivity index (χ1v) is 8.35. The molecule has 1 rings (SSSR count). The van der Waals surface area contributed by atoms with Crippen molar-refractivity contribution in [3.05, 3.63) is 0 Å². The number of hydrogen-bond donors (Lipinski definition) is 0. The van der Waals surface area contributed by atoms with Gasteiger partial charge in [0.2, 0.25) is 0 Å². The quantitative estimate of drug-likeness (QED) is 0.297. The Hall–Kier alpha value is -0.850. The number of unbranched alkanes of at least 4 members (excludes halogenated alkanes) is 1. The van der Waals surface area contributed by atoms with E-state index in [9.17, 15) is 48.3 Å². The molecule has 168 valence electrons. The maximum Gasteiger partial charge on any atom is 0.460 e. The number of rotatable bonds is 11. The van der Waals surface area contributed by atoms with Gasteiger partial charge in [0, 0.05) is 26.2 Å². The largest absolute Gasteiger partial charge is 0.460 e. The van der Waals surface area contributed by atoms with Gasteiger partial charge < -0.3 is 9.47 Å². The molecule has 1 heterocycles. The molecule has 0 aromatic rings. The second kappa shape index (κ2) is 8.88. The molecule has 0 N–H and O–H groups in total. The molecular formula is C15H19F11O2. The lowest BCUT2D eigenvalue weighted by molar-refractivity contribution is -0.422. The summed E-state index contributed by atoms with van der Waals surface area (Å²) in [6, 6.07) is 0. The number of ether oxygens (including phenoxy) is 2.